The number of piperazine rings is 1. The van der Waals surface area contributed by atoms with Crippen molar-refractivity contribution in [1.82, 2.24) is 15.1 Å². The Morgan fingerprint density at radius 3 is 1.92 bits per heavy atom. The van der Waals surface area contributed by atoms with Gasteiger partial charge in [0.2, 0.25) is 11.7 Å². The molecule has 6 rings (SSSR count). The van der Waals surface area contributed by atoms with E-state index in [1.165, 1.54) is 20.3 Å². The highest BCUT2D eigenvalue weighted by atomic mass is 16.5. The fourth-order valence-electron chi connectivity index (χ4n) is 8.06. The number of carbonyl (C=O) groups is 1. The summed E-state index contributed by atoms with van der Waals surface area (Å²) in [5.41, 5.74) is 5.01. The Labute approximate surface area is 293 Å². The van der Waals surface area contributed by atoms with Crippen LogP contribution in [0.25, 0.3) is 6.08 Å². The van der Waals surface area contributed by atoms with Crippen LogP contribution >= 0.6 is 0 Å². The molecule has 3 aliphatic heterocycles. The lowest BCUT2D eigenvalue weighted by Crippen LogP contribution is -2.68. The second-order valence-corrected chi connectivity index (χ2v) is 12.5. The minimum absolute atomic E-state index is 0.0509. The van der Waals surface area contributed by atoms with Crippen LogP contribution in [-0.4, -0.2) is 97.2 Å². The molecule has 12 nitrogen and oxygen atoms in total. The van der Waals surface area contributed by atoms with Gasteiger partial charge in [-0.15, -0.1) is 0 Å². The molecule has 0 aromatic heterocycles. The van der Waals surface area contributed by atoms with Gasteiger partial charge in [0.05, 0.1) is 67.9 Å². The molecule has 0 radical (unpaired) electrons. The number of benzene rings is 3. The molecule has 1 saturated heterocycles. The van der Waals surface area contributed by atoms with E-state index in [9.17, 15) is 10.1 Å². The molecular formula is C38H44N4O8. The standard InChI is InChI=1S/C38H44N4O8/c1-41-26-13-23-16-32(46-4)34(48-6)18-25(23)36(41)27-14-22-15-31(45-3)33(47-5)17-24(22)29(42(27)28(26)19-39)20-40-35(43)12-10-21-9-11-30(44-2)38(50-8)37(21)49-7/h9-12,15-18,26-29,36H,13-14,20H2,1-8H3,(H,40,43)/b12-10+/t26-,27-,28-,29-,36+/m0/s1. The van der Waals surface area contributed by atoms with Gasteiger partial charge in [0, 0.05) is 30.3 Å². The Morgan fingerprint density at radius 2 is 1.34 bits per heavy atom. The molecule has 0 spiro atoms. The molecule has 3 aliphatic rings. The Kier molecular flexibility index (Phi) is 10.00. The van der Waals surface area contributed by atoms with Gasteiger partial charge in [0.1, 0.15) is 6.04 Å². The van der Waals surface area contributed by atoms with E-state index in [2.05, 4.69) is 34.3 Å². The zero-order valence-corrected chi connectivity index (χ0v) is 29.7. The smallest absolute Gasteiger partial charge is 0.244 e. The SMILES string of the molecule is COc1cc2c(cc1OC)[C@@H]1[C@@H]3Cc4cc(OC)c(OC)cc4[C@H](CNC(=O)/C=C/c4ccc(OC)c(OC)c4OC)N3[C@@H](C#N)[C@H](C2)N1C. The average Bonchev–Trinajstić information content (AvgIpc) is 3.14. The molecule has 3 aromatic rings. The average molecular weight is 685 g/mol. The first-order valence-electron chi connectivity index (χ1n) is 16.4. The number of rotatable bonds is 11. The molecule has 3 aromatic carbocycles. The lowest BCUT2D eigenvalue weighted by Gasteiger charge is -2.60. The van der Waals surface area contributed by atoms with Crippen molar-refractivity contribution >= 4 is 12.0 Å². The van der Waals surface area contributed by atoms with Gasteiger partial charge < -0.3 is 38.5 Å². The van der Waals surface area contributed by atoms with Gasteiger partial charge in [-0.2, -0.15) is 5.26 Å². The monoisotopic (exact) mass is 684 g/mol. The highest BCUT2D eigenvalue weighted by Gasteiger charge is 2.54. The van der Waals surface area contributed by atoms with Crippen LogP contribution in [0.2, 0.25) is 0 Å². The normalized spacial score (nSPS) is 22.3. The summed E-state index contributed by atoms with van der Waals surface area (Å²) < 4.78 is 39.3. The van der Waals surface area contributed by atoms with Crippen LogP contribution in [0.3, 0.4) is 0 Å². The van der Waals surface area contributed by atoms with Crippen molar-refractivity contribution in [3.05, 3.63) is 70.3 Å². The molecular weight excluding hydrogens is 640 g/mol. The van der Waals surface area contributed by atoms with E-state index in [0.717, 1.165) is 22.3 Å². The maximum absolute atomic E-state index is 13.5. The molecule has 2 bridgehead atoms. The van der Waals surface area contributed by atoms with Crippen LogP contribution in [0.15, 0.2) is 42.5 Å². The van der Waals surface area contributed by atoms with Crippen molar-refractivity contribution < 1.29 is 38.0 Å². The third kappa shape index (κ3) is 5.80. The Hall–Kier alpha value is -5.12. The van der Waals surface area contributed by atoms with Gasteiger partial charge in [-0.05, 0) is 84.6 Å². The van der Waals surface area contributed by atoms with E-state index in [1.54, 1.807) is 53.8 Å². The molecule has 12 heteroatoms. The summed E-state index contributed by atoms with van der Waals surface area (Å²) >= 11 is 0. The quantitative estimate of drug-likeness (QED) is 0.290. The molecule has 264 valence electrons. The minimum Gasteiger partial charge on any atom is -0.493 e. The first kappa shape index (κ1) is 34.7. The molecule has 1 amide bonds. The summed E-state index contributed by atoms with van der Waals surface area (Å²) in [6.45, 7) is 0.255. The van der Waals surface area contributed by atoms with Crippen LogP contribution in [0.1, 0.15) is 39.9 Å². The van der Waals surface area contributed by atoms with Crippen molar-refractivity contribution in [3.8, 4) is 46.3 Å². The lowest BCUT2D eigenvalue weighted by molar-refractivity contribution is -0.117. The van der Waals surface area contributed by atoms with Crippen molar-refractivity contribution in [2.45, 2.75) is 43.1 Å². The van der Waals surface area contributed by atoms with Crippen molar-refractivity contribution in [2.75, 3.05) is 63.4 Å². The molecule has 0 aliphatic carbocycles. The van der Waals surface area contributed by atoms with Gasteiger partial charge in [-0.25, -0.2) is 0 Å². The zero-order chi connectivity index (χ0) is 35.7. The minimum atomic E-state index is -0.461. The van der Waals surface area contributed by atoms with Crippen LogP contribution in [0, 0.1) is 11.3 Å². The topological polar surface area (TPSA) is 124 Å². The second kappa shape index (κ2) is 14.4. The van der Waals surface area contributed by atoms with Gasteiger partial charge in [0.25, 0.3) is 0 Å². The zero-order valence-electron chi connectivity index (χ0n) is 29.7. The van der Waals surface area contributed by atoms with Crippen LogP contribution in [0.4, 0.5) is 0 Å². The van der Waals surface area contributed by atoms with Crippen LogP contribution < -0.4 is 38.5 Å². The molecule has 0 unspecified atom stereocenters. The summed E-state index contributed by atoms with van der Waals surface area (Å²) in [6.07, 6.45) is 4.47. The van der Waals surface area contributed by atoms with E-state index < -0.39 is 6.04 Å². The van der Waals surface area contributed by atoms with Gasteiger partial charge >= 0.3 is 0 Å². The van der Waals surface area contributed by atoms with E-state index in [4.69, 9.17) is 33.2 Å². The van der Waals surface area contributed by atoms with Gasteiger partial charge in [0.15, 0.2) is 34.5 Å². The lowest BCUT2D eigenvalue weighted by atomic mass is 9.72. The number of nitrogens with zero attached hydrogens (tertiary/aromatic N) is 3. The number of carbonyl (C=O) groups excluding carboxylic acids is 1. The molecule has 3 heterocycles. The number of amides is 1. The predicted molar refractivity (Wildman–Crippen MR) is 187 cm³/mol. The van der Waals surface area contributed by atoms with E-state index in [1.807, 2.05) is 18.2 Å². The number of methoxy groups -OCH3 is 7. The maximum Gasteiger partial charge on any atom is 0.244 e. The van der Waals surface area contributed by atoms with Crippen LogP contribution in [-0.2, 0) is 17.6 Å². The third-order valence-corrected chi connectivity index (χ3v) is 10.3. The Bertz CT molecular complexity index is 1840. The number of likely N-dealkylation sites (N-methyl/N-ethyl adjacent to an activating group) is 1. The fraction of sp³-hybridized carbons (Fsp3) is 0.421. The maximum atomic E-state index is 13.5. The van der Waals surface area contributed by atoms with Crippen LogP contribution in [0.5, 0.6) is 40.2 Å². The molecule has 1 fully saturated rings. The second-order valence-electron chi connectivity index (χ2n) is 12.5. The van der Waals surface area contributed by atoms with E-state index in [0.29, 0.717) is 58.7 Å². The number of nitriles is 1. The van der Waals surface area contributed by atoms with Crippen molar-refractivity contribution in [1.29, 1.82) is 5.26 Å². The molecule has 50 heavy (non-hydrogen) atoms. The third-order valence-electron chi connectivity index (χ3n) is 10.3. The Balaban J connectivity index is 1.39. The largest absolute Gasteiger partial charge is 0.493 e. The number of ether oxygens (including phenoxy) is 7. The number of hydrogen-bond acceptors (Lipinski definition) is 11. The van der Waals surface area contributed by atoms with Crippen molar-refractivity contribution in [2.24, 2.45) is 0 Å². The fourth-order valence-corrected chi connectivity index (χ4v) is 8.06. The summed E-state index contributed by atoms with van der Waals surface area (Å²) in [5, 5.41) is 13.9. The number of fused-ring (bicyclic) bond motifs is 7. The summed E-state index contributed by atoms with van der Waals surface area (Å²) in [4.78, 5) is 18.1. The molecule has 1 N–H and O–H groups in total. The summed E-state index contributed by atoms with van der Waals surface area (Å²) in [5.74, 6) is 3.67. The number of nitrogens with one attached hydrogen (secondary N) is 1. The molecule has 0 saturated carbocycles. The van der Waals surface area contributed by atoms with Crippen molar-refractivity contribution in [3.63, 3.8) is 0 Å². The highest BCUT2D eigenvalue weighted by Crippen LogP contribution is 2.52. The highest BCUT2D eigenvalue weighted by molar-refractivity contribution is 5.92. The van der Waals surface area contributed by atoms with Gasteiger partial charge in [-0.3, -0.25) is 14.6 Å². The number of hydrogen-bond donors (Lipinski definition) is 1. The van der Waals surface area contributed by atoms with E-state index in [-0.39, 0.29) is 36.6 Å². The summed E-state index contributed by atoms with van der Waals surface area (Å²) in [6, 6.07) is 13.3. The Morgan fingerprint density at radius 1 is 0.780 bits per heavy atom. The molecule has 5 atom stereocenters. The van der Waals surface area contributed by atoms with Gasteiger partial charge in [-0.1, -0.05) is 0 Å². The first-order valence-corrected chi connectivity index (χ1v) is 16.4. The predicted octanol–water partition coefficient (Wildman–Crippen LogP) is 4.35. The summed E-state index contributed by atoms with van der Waals surface area (Å²) in [7, 11) is 13.2. The first-order chi connectivity index (χ1) is 24.3. The van der Waals surface area contributed by atoms with E-state index >= 15 is 0 Å².